The molecule has 0 saturated carbocycles. The summed E-state index contributed by atoms with van der Waals surface area (Å²) in [5.74, 6) is -0.256. The lowest BCUT2D eigenvalue weighted by Crippen LogP contribution is -2.55. The standard InChI is InChI=1S/C23H32N4O2S.C2H6/c1-14(16-8-10-17(11-9-16)19-15(2)25-13-30-19)26-21(28)18-7-6-12-27(18)22(29)20(24)23(3,4)5;1-2/h8-11,13-14,18,20H,6-7,12,24H2,1-5H3,(H,26,28);1-2H3. The number of nitrogens with one attached hydrogen (secondary N) is 1. The second kappa shape index (κ2) is 11.1. The van der Waals surface area contributed by atoms with Crippen molar-refractivity contribution in [1.29, 1.82) is 0 Å². The van der Waals surface area contributed by atoms with Gasteiger partial charge < -0.3 is 16.0 Å². The summed E-state index contributed by atoms with van der Waals surface area (Å²) in [6, 6.07) is 6.97. The van der Waals surface area contributed by atoms with Gasteiger partial charge in [-0.05, 0) is 43.2 Å². The summed E-state index contributed by atoms with van der Waals surface area (Å²) in [4.78, 5) is 32.9. The molecule has 2 amide bonds. The lowest BCUT2D eigenvalue weighted by Gasteiger charge is -2.33. The largest absolute Gasteiger partial charge is 0.348 e. The first-order chi connectivity index (χ1) is 15.1. The number of nitrogens with two attached hydrogens (primary N) is 1. The van der Waals surface area contributed by atoms with Gasteiger partial charge in [0.2, 0.25) is 11.8 Å². The number of hydrogen-bond donors (Lipinski definition) is 2. The van der Waals surface area contributed by atoms with E-state index < -0.39 is 12.1 Å². The molecule has 0 radical (unpaired) electrons. The van der Waals surface area contributed by atoms with E-state index in [1.165, 1.54) is 0 Å². The van der Waals surface area contributed by atoms with Crippen LogP contribution in [0.4, 0.5) is 0 Å². The van der Waals surface area contributed by atoms with Crippen LogP contribution in [0.5, 0.6) is 0 Å². The Kier molecular flexibility index (Phi) is 8.98. The van der Waals surface area contributed by atoms with E-state index in [9.17, 15) is 9.59 Å². The van der Waals surface area contributed by atoms with Crippen LogP contribution in [-0.2, 0) is 9.59 Å². The van der Waals surface area contributed by atoms with E-state index in [4.69, 9.17) is 5.73 Å². The van der Waals surface area contributed by atoms with E-state index in [0.717, 1.165) is 28.1 Å². The van der Waals surface area contributed by atoms with E-state index in [-0.39, 0.29) is 23.3 Å². The smallest absolute Gasteiger partial charge is 0.243 e. The van der Waals surface area contributed by atoms with E-state index in [1.807, 2.05) is 66.1 Å². The number of thiazole rings is 1. The summed E-state index contributed by atoms with van der Waals surface area (Å²) < 4.78 is 0. The maximum absolute atomic E-state index is 13.0. The van der Waals surface area contributed by atoms with Gasteiger partial charge in [-0.25, -0.2) is 4.98 Å². The van der Waals surface area contributed by atoms with Gasteiger partial charge in [0.05, 0.1) is 28.2 Å². The number of carbonyl (C=O) groups excluding carboxylic acids is 2. The van der Waals surface area contributed by atoms with E-state index in [0.29, 0.717) is 13.0 Å². The molecule has 3 rings (SSSR count). The Bertz CT molecular complexity index is 901. The van der Waals surface area contributed by atoms with Crippen molar-refractivity contribution >= 4 is 23.2 Å². The van der Waals surface area contributed by atoms with Crippen molar-refractivity contribution < 1.29 is 9.59 Å². The van der Waals surface area contributed by atoms with Gasteiger partial charge in [-0.2, -0.15) is 0 Å². The maximum atomic E-state index is 13.0. The fourth-order valence-corrected chi connectivity index (χ4v) is 4.56. The number of rotatable bonds is 5. The number of benzene rings is 1. The van der Waals surface area contributed by atoms with Crippen molar-refractivity contribution in [1.82, 2.24) is 15.2 Å². The third kappa shape index (κ3) is 5.95. The molecule has 0 aliphatic carbocycles. The number of aromatic nitrogens is 1. The Morgan fingerprint density at radius 3 is 2.38 bits per heavy atom. The summed E-state index contributed by atoms with van der Waals surface area (Å²) in [7, 11) is 0. The molecule has 6 nitrogen and oxygen atoms in total. The number of aryl methyl sites for hydroxylation is 1. The SMILES string of the molecule is CC.Cc1ncsc1-c1ccc(C(C)NC(=O)C2CCCN2C(=O)C(N)C(C)(C)C)cc1. The molecule has 0 spiro atoms. The Labute approximate surface area is 196 Å². The predicted octanol–water partition coefficient (Wildman–Crippen LogP) is 4.69. The quantitative estimate of drug-likeness (QED) is 0.680. The minimum Gasteiger partial charge on any atom is -0.348 e. The van der Waals surface area contributed by atoms with E-state index in [1.54, 1.807) is 16.2 Å². The van der Waals surface area contributed by atoms with Gasteiger partial charge in [-0.15, -0.1) is 11.3 Å². The summed E-state index contributed by atoms with van der Waals surface area (Å²) in [5.41, 5.74) is 10.8. The predicted molar refractivity (Wildman–Crippen MR) is 132 cm³/mol. The highest BCUT2D eigenvalue weighted by Gasteiger charge is 2.39. The molecule has 3 unspecified atom stereocenters. The zero-order chi connectivity index (χ0) is 24.1. The molecule has 3 atom stereocenters. The van der Waals surface area contributed by atoms with Crippen LogP contribution in [0, 0.1) is 12.3 Å². The highest BCUT2D eigenvalue weighted by molar-refractivity contribution is 7.13. The first-order valence-corrected chi connectivity index (χ1v) is 12.3. The molecule has 3 N–H and O–H groups in total. The van der Waals surface area contributed by atoms with Crippen LogP contribution in [-0.4, -0.2) is 40.3 Å². The Morgan fingerprint density at radius 1 is 1.22 bits per heavy atom. The number of carbonyl (C=O) groups is 2. The summed E-state index contributed by atoms with van der Waals surface area (Å²) in [6.45, 7) is 14.4. The van der Waals surface area contributed by atoms with Crippen LogP contribution in [0.1, 0.15) is 71.7 Å². The monoisotopic (exact) mass is 458 g/mol. The molecule has 0 bridgehead atoms. The van der Waals surface area contributed by atoms with Crippen molar-refractivity contribution in [3.8, 4) is 10.4 Å². The van der Waals surface area contributed by atoms with Crippen molar-refractivity contribution in [2.45, 2.75) is 79.4 Å². The summed E-state index contributed by atoms with van der Waals surface area (Å²) in [6.07, 6.45) is 1.49. The summed E-state index contributed by atoms with van der Waals surface area (Å²) >= 11 is 1.62. The zero-order valence-electron chi connectivity index (χ0n) is 20.4. The number of hydrogen-bond acceptors (Lipinski definition) is 5. The second-order valence-electron chi connectivity index (χ2n) is 9.15. The van der Waals surface area contributed by atoms with Crippen LogP contribution in [0.3, 0.4) is 0 Å². The normalized spacial score (nSPS) is 17.9. The zero-order valence-corrected chi connectivity index (χ0v) is 21.3. The fourth-order valence-electron chi connectivity index (χ4n) is 3.75. The Morgan fingerprint density at radius 2 is 1.84 bits per heavy atom. The second-order valence-corrected chi connectivity index (χ2v) is 10.0. The molecular formula is C25H38N4O2S. The molecule has 176 valence electrons. The molecule has 32 heavy (non-hydrogen) atoms. The van der Waals surface area contributed by atoms with E-state index in [2.05, 4.69) is 22.4 Å². The van der Waals surface area contributed by atoms with Crippen molar-refractivity contribution in [3.05, 3.63) is 41.0 Å². The summed E-state index contributed by atoms with van der Waals surface area (Å²) in [5, 5.41) is 3.08. The maximum Gasteiger partial charge on any atom is 0.243 e. The van der Waals surface area contributed by atoms with Gasteiger partial charge in [-0.1, -0.05) is 58.9 Å². The topological polar surface area (TPSA) is 88.3 Å². The van der Waals surface area contributed by atoms with Crippen LogP contribution < -0.4 is 11.1 Å². The van der Waals surface area contributed by atoms with Gasteiger partial charge in [0.1, 0.15) is 6.04 Å². The molecule has 2 aromatic rings. The number of likely N-dealkylation sites (tertiary alicyclic amines) is 1. The average molecular weight is 459 g/mol. The van der Waals surface area contributed by atoms with E-state index >= 15 is 0 Å². The third-order valence-corrected chi connectivity index (χ3v) is 6.79. The fraction of sp³-hybridized carbons (Fsp3) is 0.560. The molecular weight excluding hydrogens is 420 g/mol. The lowest BCUT2D eigenvalue weighted by molar-refractivity contribution is -0.141. The molecule has 1 aromatic heterocycles. The minimum absolute atomic E-state index is 0.114. The van der Waals surface area contributed by atoms with Crippen LogP contribution >= 0.6 is 11.3 Å². The molecule has 1 aliphatic rings. The molecule has 2 heterocycles. The molecule has 1 fully saturated rings. The van der Waals surface area contributed by atoms with Crippen molar-refractivity contribution in [2.75, 3.05) is 6.54 Å². The molecule has 1 saturated heterocycles. The minimum atomic E-state index is -0.619. The van der Waals surface area contributed by atoms with Gasteiger partial charge in [0, 0.05) is 6.54 Å². The highest BCUT2D eigenvalue weighted by atomic mass is 32.1. The van der Waals surface area contributed by atoms with Gasteiger partial charge in [0.15, 0.2) is 0 Å². The molecule has 1 aliphatic heterocycles. The van der Waals surface area contributed by atoms with Gasteiger partial charge >= 0.3 is 0 Å². The molecule has 1 aromatic carbocycles. The van der Waals surface area contributed by atoms with Gasteiger partial charge in [0.25, 0.3) is 0 Å². The first-order valence-electron chi connectivity index (χ1n) is 11.5. The third-order valence-electron chi connectivity index (χ3n) is 5.81. The van der Waals surface area contributed by atoms with Crippen molar-refractivity contribution in [2.24, 2.45) is 11.1 Å². The highest BCUT2D eigenvalue weighted by Crippen LogP contribution is 2.29. The van der Waals surface area contributed by atoms with Crippen LogP contribution in [0.15, 0.2) is 29.8 Å². The average Bonchev–Trinajstić information content (AvgIpc) is 3.42. The Hall–Kier alpha value is -2.25. The van der Waals surface area contributed by atoms with Crippen molar-refractivity contribution in [3.63, 3.8) is 0 Å². The lowest BCUT2D eigenvalue weighted by atomic mass is 9.86. The number of amides is 2. The Balaban J connectivity index is 0.00000176. The van der Waals surface area contributed by atoms with Crippen LogP contribution in [0.2, 0.25) is 0 Å². The molecule has 7 heteroatoms. The number of nitrogens with zero attached hydrogens (tertiary/aromatic N) is 2. The van der Waals surface area contributed by atoms with Gasteiger partial charge in [-0.3, -0.25) is 9.59 Å². The first kappa shape index (κ1) is 26.0. The van der Waals surface area contributed by atoms with Crippen LogP contribution in [0.25, 0.3) is 10.4 Å².